The van der Waals surface area contributed by atoms with Gasteiger partial charge in [-0.05, 0) is 64.2 Å². The number of hydrogen-bond donors (Lipinski definition) is 1. The van der Waals surface area contributed by atoms with Crippen LogP contribution in [0.2, 0.25) is 0 Å². The van der Waals surface area contributed by atoms with E-state index in [9.17, 15) is 0 Å². The fourth-order valence-electron chi connectivity index (χ4n) is 8.41. The highest BCUT2D eigenvalue weighted by molar-refractivity contribution is 6.16. The van der Waals surface area contributed by atoms with Crippen molar-refractivity contribution in [2.75, 3.05) is 0 Å². The number of fused-ring (bicyclic) bond motifs is 6. The van der Waals surface area contributed by atoms with Crippen LogP contribution in [0.15, 0.2) is 210 Å². The minimum Gasteiger partial charge on any atom is -0.454 e. The van der Waals surface area contributed by atoms with Crippen LogP contribution in [0.3, 0.4) is 0 Å². The fourth-order valence-corrected chi connectivity index (χ4v) is 8.41. The van der Waals surface area contributed by atoms with Gasteiger partial charge in [-0.15, -0.1) is 0 Å². The third kappa shape index (κ3) is 5.34. The van der Waals surface area contributed by atoms with E-state index in [1.807, 2.05) is 12.1 Å². The smallest absolute Gasteiger partial charge is 0.159 e. The van der Waals surface area contributed by atoms with E-state index in [0.29, 0.717) is 0 Å². The highest BCUT2D eigenvalue weighted by atomic mass is 16.3. The number of allylic oxidation sites excluding steroid dienone is 1. The largest absolute Gasteiger partial charge is 0.454 e. The van der Waals surface area contributed by atoms with Crippen molar-refractivity contribution in [3.8, 4) is 27.9 Å². The second-order valence-electron chi connectivity index (χ2n) is 14.4. The zero-order valence-electron chi connectivity index (χ0n) is 30.4. The van der Waals surface area contributed by atoms with Crippen LogP contribution in [0.4, 0.5) is 0 Å². The molecule has 1 N–H and O–H groups in total. The Kier molecular flexibility index (Phi) is 7.52. The number of nitrogens with zero attached hydrogens (tertiary/aromatic N) is 2. The number of hydrogen-bond acceptors (Lipinski definition) is 3. The molecule has 1 unspecified atom stereocenters. The summed E-state index contributed by atoms with van der Waals surface area (Å²) in [6, 6.07) is 68.6. The number of aliphatic imine (C=N–C) groups is 1. The van der Waals surface area contributed by atoms with Gasteiger partial charge in [-0.3, -0.25) is 4.99 Å². The Balaban J connectivity index is 1.09. The molecule has 0 bridgehead atoms. The van der Waals surface area contributed by atoms with Crippen molar-refractivity contribution >= 4 is 55.2 Å². The van der Waals surface area contributed by atoms with Crippen LogP contribution < -0.4 is 5.32 Å². The predicted octanol–water partition coefficient (Wildman–Crippen LogP) is 13.1. The monoisotopic (exact) mass is 717 g/mol. The molecule has 1 aliphatic heterocycles. The molecule has 8 aromatic carbocycles. The molecule has 2 aromatic heterocycles. The van der Waals surface area contributed by atoms with Gasteiger partial charge in [0.15, 0.2) is 5.58 Å². The summed E-state index contributed by atoms with van der Waals surface area (Å²) in [7, 11) is 0. The molecule has 0 fully saturated rings. The number of nitrogens with one attached hydrogen (secondary N) is 1. The van der Waals surface area contributed by atoms with E-state index in [-0.39, 0.29) is 6.17 Å². The molecule has 0 aliphatic carbocycles. The number of rotatable bonds is 6. The summed E-state index contributed by atoms with van der Waals surface area (Å²) >= 11 is 0. The molecule has 1 aliphatic rings. The first-order valence-electron chi connectivity index (χ1n) is 19.1. The Hall–Kier alpha value is -7.43. The molecular formula is C52H35N3O. The molecule has 10 aromatic rings. The molecule has 264 valence electrons. The molecular weight excluding hydrogens is 683 g/mol. The molecule has 0 saturated carbocycles. The topological polar surface area (TPSA) is 42.5 Å². The van der Waals surface area contributed by atoms with Gasteiger partial charge in [-0.25, -0.2) is 0 Å². The summed E-state index contributed by atoms with van der Waals surface area (Å²) in [5.74, 6) is 0. The summed E-state index contributed by atoms with van der Waals surface area (Å²) < 4.78 is 8.95. The first-order valence-corrected chi connectivity index (χ1v) is 19.1. The summed E-state index contributed by atoms with van der Waals surface area (Å²) in [5, 5.41) is 8.44. The quantitative estimate of drug-likeness (QED) is 0.186. The minimum absolute atomic E-state index is 0.357. The first-order chi connectivity index (χ1) is 27.8. The highest BCUT2D eigenvalue weighted by Gasteiger charge is 2.25. The fraction of sp³-hybridized carbons (Fsp3) is 0.0192. The Morgan fingerprint density at radius 1 is 0.464 bits per heavy atom. The van der Waals surface area contributed by atoms with Gasteiger partial charge in [0.1, 0.15) is 11.7 Å². The van der Waals surface area contributed by atoms with Crippen LogP contribution in [0.1, 0.15) is 22.9 Å². The number of benzene rings is 8. The first kappa shape index (κ1) is 32.0. The van der Waals surface area contributed by atoms with E-state index < -0.39 is 0 Å². The standard InChI is InChI=1S/C52H35N3O/c1-3-14-34(15-4-1)36-28-30-37(31-29-36)44-33-45(39-19-11-18-38(32-39)35-16-5-2-6-17-35)54-52(53-44)43-23-13-25-47-50(43)42-21-7-9-24-46(42)55(47)48-26-12-22-41-40-20-8-10-27-49(40)56-51(41)48/h1-33,52-53H. The van der Waals surface area contributed by atoms with Crippen LogP contribution in [-0.4, -0.2) is 10.3 Å². The van der Waals surface area contributed by atoms with Crippen LogP contribution in [0.5, 0.6) is 0 Å². The second-order valence-corrected chi connectivity index (χ2v) is 14.4. The van der Waals surface area contributed by atoms with Crippen molar-refractivity contribution in [3.05, 3.63) is 217 Å². The molecule has 56 heavy (non-hydrogen) atoms. The SMILES string of the molecule is C1=C(c2ccc(-c3ccccc3)cc2)NC(c2cccc3c2c2ccccc2n3-c2cccc3c2oc2ccccc23)N=C1c1cccc(-c2ccccc2)c1. The minimum atomic E-state index is -0.357. The summed E-state index contributed by atoms with van der Waals surface area (Å²) in [4.78, 5) is 5.52. The van der Waals surface area contributed by atoms with E-state index in [1.165, 1.54) is 22.1 Å². The van der Waals surface area contributed by atoms with Gasteiger partial charge < -0.3 is 14.3 Å². The third-order valence-electron chi connectivity index (χ3n) is 11.1. The van der Waals surface area contributed by atoms with E-state index in [4.69, 9.17) is 9.41 Å². The summed E-state index contributed by atoms with van der Waals surface area (Å²) in [6.45, 7) is 0. The van der Waals surface area contributed by atoms with Gasteiger partial charge in [0.05, 0.1) is 22.4 Å². The van der Waals surface area contributed by atoms with Gasteiger partial charge in [-0.1, -0.05) is 164 Å². The highest BCUT2D eigenvalue weighted by Crippen LogP contribution is 2.41. The van der Waals surface area contributed by atoms with Crippen LogP contribution >= 0.6 is 0 Å². The van der Waals surface area contributed by atoms with Gasteiger partial charge in [0.25, 0.3) is 0 Å². The van der Waals surface area contributed by atoms with E-state index >= 15 is 0 Å². The van der Waals surface area contributed by atoms with E-state index in [2.05, 4.69) is 198 Å². The maximum absolute atomic E-state index is 6.59. The normalized spacial score (nSPS) is 14.2. The summed E-state index contributed by atoms with van der Waals surface area (Å²) in [6.07, 6.45) is 1.84. The number of para-hydroxylation sites is 3. The third-order valence-corrected chi connectivity index (χ3v) is 11.1. The van der Waals surface area contributed by atoms with Crippen LogP contribution in [-0.2, 0) is 0 Å². The second kappa shape index (κ2) is 13.2. The van der Waals surface area contributed by atoms with E-state index in [1.54, 1.807) is 0 Å². The van der Waals surface area contributed by atoms with Crippen molar-refractivity contribution in [2.45, 2.75) is 6.17 Å². The molecule has 4 heteroatoms. The van der Waals surface area contributed by atoms with Gasteiger partial charge >= 0.3 is 0 Å². The number of furan rings is 1. The Morgan fingerprint density at radius 3 is 1.88 bits per heavy atom. The average Bonchev–Trinajstić information content (AvgIpc) is 3.83. The van der Waals surface area contributed by atoms with Crippen LogP contribution in [0, 0.1) is 0 Å². The van der Waals surface area contributed by atoms with Gasteiger partial charge in [0.2, 0.25) is 0 Å². The predicted molar refractivity (Wildman–Crippen MR) is 232 cm³/mol. The zero-order valence-corrected chi connectivity index (χ0v) is 30.4. The zero-order chi connectivity index (χ0) is 37.0. The maximum Gasteiger partial charge on any atom is 0.159 e. The molecule has 0 radical (unpaired) electrons. The van der Waals surface area contributed by atoms with Crippen LogP contribution in [0.25, 0.3) is 77.4 Å². The van der Waals surface area contributed by atoms with E-state index in [0.717, 1.165) is 77.7 Å². The Labute approximate surface area is 324 Å². The molecule has 4 nitrogen and oxygen atoms in total. The molecule has 0 saturated heterocycles. The van der Waals surface area contributed by atoms with Crippen molar-refractivity contribution < 1.29 is 4.42 Å². The van der Waals surface area contributed by atoms with Gasteiger partial charge in [0, 0.05) is 38.4 Å². The summed E-state index contributed by atoms with van der Waals surface area (Å²) in [5.41, 5.74) is 15.0. The van der Waals surface area contributed by atoms with Crippen molar-refractivity contribution in [2.24, 2.45) is 4.99 Å². The van der Waals surface area contributed by atoms with Crippen molar-refractivity contribution in [1.29, 1.82) is 0 Å². The van der Waals surface area contributed by atoms with Gasteiger partial charge in [-0.2, -0.15) is 0 Å². The Bertz CT molecular complexity index is 3150. The molecule has 0 amide bonds. The lowest BCUT2D eigenvalue weighted by Gasteiger charge is -2.26. The number of aromatic nitrogens is 1. The van der Waals surface area contributed by atoms with Crippen molar-refractivity contribution in [1.82, 2.24) is 9.88 Å². The molecule has 1 atom stereocenters. The molecule has 11 rings (SSSR count). The lowest BCUT2D eigenvalue weighted by Crippen LogP contribution is -2.25. The lowest BCUT2D eigenvalue weighted by atomic mass is 9.96. The maximum atomic E-state index is 6.59. The molecule has 0 spiro atoms. The lowest BCUT2D eigenvalue weighted by molar-refractivity contribution is 0.666. The van der Waals surface area contributed by atoms with Crippen molar-refractivity contribution in [3.63, 3.8) is 0 Å². The molecule has 3 heterocycles. The Morgan fingerprint density at radius 2 is 1.05 bits per heavy atom. The average molecular weight is 718 g/mol.